The predicted molar refractivity (Wildman–Crippen MR) is 68.2 cm³/mol. The Hall–Kier alpha value is -0.800. The molecule has 0 saturated carbocycles. The van der Waals surface area contributed by atoms with Gasteiger partial charge in [-0.1, -0.05) is 27.5 Å². The van der Waals surface area contributed by atoms with Crippen molar-refractivity contribution in [2.45, 2.75) is 19.3 Å². The minimum atomic E-state index is -0.765. The van der Waals surface area contributed by atoms with E-state index in [0.717, 1.165) is 5.75 Å². The largest absolute Gasteiger partial charge is 0.481 e. The van der Waals surface area contributed by atoms with Crippen LogP contribution in [0.3, 0.4) is 0 Å². The molecule has 0 unspecified atom stereocenters. The topological polar surface area (TPSA) is 66.4 Å². The molecule has 0 aliphatic carbocycles. The van der Waals surface area contributed by atoms with Crippen LogP contribution in [-0.4, -0.2) is 35.0 Å². The average Bonchev–Trinajstić information content (AvgIpc) is 2.24. The van der Waals surface area contributed by atoms with Gasteiger partial charge in [0.25, 0.3) is 0 Å². The number of carbonyl (C=O) groups is 2. The third-order valence-electron chi connectivity index (χ3n) is 1.50. The van der Waals surface area contributed by atoms with Crippen molar-refractivity contribution in [2.75, 3.05) is 18.1 Å². The SMILES string of the molecule is C#CCNC(=O)CCSSCCCC(=O)O. The van der Waals surface area contributed by atoms with Gasteiger partial charge in [0.15, 0.2) is 0 Å². The molecule has 0 bridgehead atoms. The van der Waals surface area contributed by atoms with E-state index in [1.165, 1.54) is 0 Å². The third kappa shape index (κ3) is 11.3. The average molecular weight is 261 g/mol. The van der Waals surface area contributed by atoms with Gasteiger partial charge in [-0.25, -0.2) is 0 Å². The Balaban J connectivity index is 3.18. The second kappa shape index (κ2) is 10.7. The molecule has 16 heavy (non-hydrogen) atoms. The van der Waals surface area contributed by atoms with Crippen LogP contribution in [0, 0.1) is 12.3 Å². The highest BCUT2D eigenvalue weighted by atomic mass is 33.1. The van der Waals surface area contributed by atoms with Gasteiger partial charge in [0.05, 0.1) is 6.54 Å². The van der Waals surface area contributed by atoms with Crippen LogP contribution < -0.4 is 5.32 Å². The summed E-state index contributed by atoms with van der Waals surface area (Å²) < 4.78 is 0. The second-order valence-electron chi connectivity index (χ2n) is 2.87. The molecular formula is C10H15NO3S2. The van der Waals surface area contributed by atoms with E-state index in [1.54, 1.807) is 21.6 Å². The van der Waals surface area contributed by atoms with Crippen molar-refractivity contribution in [3.8, 4) is 12.3 Å². The van der Waals surface area contributed by atoms with Gasteiger partial charge >= 0.3 is 5.97 Å². The monoisotopic (exact) mass is 261 g/mol. The van der Waals surface area contributed by atoms with E-state index < -0.39 is 5.97 Å². The zero-order chi connectivity index (χ0) is 12.2. The van der Waals surface area contributed by atoms with Crippen molar-refractivity contribution in [3.63, 3.8) is 0 Å². The molecule has 0 aromatic heterocycles. The molecular weight excluding hydrogens is 246 g/mol. The van der Waals surface area contributed by atoms with Gasteiger partial charge in [-0.15, -0.1) is 6.42 Å². The van der Waals surface area contributed by atoms with Crippen molar-refractivity contribution < 1.29 is 14.7 Å². The normalized spacial score (nSPS) is 9.44. The molecule has 0 saturated heterocycles. The number of rotatable bonds is 9. The fraction of sp³-hybridized carbons (Fsp3) is 0.600. The molecule has 0 spiro atoms. The second-order valence-corrected chi connectivity index (χ2v) is 5.57. The summed E-state index contributed by atoms with van der Waals surface area (Å²) in [6.45, 7) is 0.273. The standard InChI is InChI=1S/C10H15NO3S2/c1-2-6-11-9(12)5-8-16-15-7-3-4-10(13)14/h1H,3-8H2,(H,11,12)(H,13,14). The Morgan fingerprint density at radius 1 is 1.25 bits per heavy atom. The molecule has 0 aliphatic rings. The smallest absolute Gasteiger partial charge is 0.303 e. The molecule has 0 rings (SSSR count). The van der Waals surface area contributed by atoms with Crippen LogP contribution in [0.15, 0.2) is 0 Å². The predicted octanol–water partition coefficient (Wildman–Crippen LogP) is 1.37. The minimum Gasteiger partial charge on any atom is -0.481 e. The van der Waals surface area contributed by atoms with E-state index in [1.807, 2.05) is 0 Å². The van der Waals surface area contributed by atoms with E-state index in [0.29, 0.717) is 18.6 Å². The number of hydrogen-bond acceptors (Lipinski definition) is 4. The summed E-state index contributed by atoms with van der Waals surface area (Å²) in [6, 6.07) is 0. The summed E-state index contributed by atoms with van der Waals surface area (Å²) in [5, 5.41) is 11.0. The lowest BCUT2D eigenvalue weighted by atomic mass is 10.3. The van der Waals surface area contributed by atoms with Crippen molar-refractivity contribution in [1.29, 1.82) is 0 Å². The van der Waals surface area contributed by atoms with E-state index in [4.69, 9.17) is 11.5 Å². The van der Waals surface area contributed by atoms with Gasteiger partial charge in [0, 0.05) is 24.3 Å². The first-order valence-corrected chi connectivity index (χ1v) is 7.32. The van der Waals surface area contributed by atoms with E-state index in [-0.39, 0.29) is 18.9 Å². The van der Waals surface area contributed by atoms with E-state index >= 15 is 0 Å². The van der Waals surface area contributed by atoms with Gasteiger partial charge < -0.3 is 10.4 Å². The molecule has 0 aliphatic heterocycles. The van der Waals surface area contributed by atoms with Crippen LogP contribution in [0.2, 0.25) is 0 Å². The van der Waals surface area contributed by atoms with Crippen molar-refractivity contribution in [2.24, 2.45) is 0 Å². The fourth-order valence-corrected chi connectivity index (χ4v) is 2.85. The van der Waals surface area contributed by atoms with Crippen molar-refractivity contribution in [3.05, 3.63) is 0 Å². The highest BCUT2D eigenvalue weighted by Crippen LogP contribution is 2.22. The van der Waals surface area contributed by atoms with Crippen LogP contribution in [-0.2, 0) is 9.59 Å². The molecule has 0 aromatic carbocycles. The summed E-state index contributed by atoms with van der Waals surface area (Å²) in [6.07, 6.45) is 6.30. The third-order valence-corrected chi connectivity index (χ3v) is 3.99. The maximum absolute atomic E-state index is 11.1. The van der Waals surface area contributed by atoms with Gasteiger partial charge in [-0.3, -0.25) is 9.59 Å². The van der Waals surface area contributed by atoms with Crippen molar-refractivity contribution >= 4 is 33.5 Å². The maximum atomic E-state index is 11.1. The molecule has 0 radical (unpaired) electrons. The summed E-state index contributed by atoms with van der Waals surface area (Å²) in [5.74, 6) is 3.03. The highest BCUT2D eigenvalue weighted by molar-refractivity contribution is 8.76. The molecule has 2 N–H and O–H groups in total. The highest BCUT2D eigenvalue weighted by Gasteiger charge is 2.00. The lowest BCUT2D eigenvalue weighted by molar-refractivity contribution is -0.137. The summed E-state index contributed by atoms with van der Waals surface area (Å²) >= 11 is 0. The van der Waals surface area contributed by atoms with Crippen LogP contribution in [0.1, 0.15) is 19.3 Å². The Bertz CT molecular complexity index is 263. The zero-order valence-corrected chi connectivity index (χ0v) is 10.5. The molecule has 0 fully saturated rings. The zero-order valence-electron chi connectivity index (χ0n) is 8.90. The number of carboxylic acids is 1. The molecule has 1 amide bonds. The first-order valence-electron chi connectivity index (χ1n) is 4.83. The summed E-state index contributed by atoms with van der Waals surface area (Å²) in [7, 11) is 3.17. The first kappa shape index (κ1) is 15.2. The lowest BCUT2D eigenvalue weighted by Gasteiger charge is -2.01. The molecule has 0 atom stereocenters. The molecule has 4 nitrogen and oxygen atoms in total. The number of carbonyl (C=O) groups excluding carboxylic acids is 1. The number of carboxylic acid groups (broad SMARTS) is 1. The van der Waals surface area contributed by atoms with Gasteiger partial charge in [0.2, 0.25) is 5.91 Å². The molecule has 6 heteroatoms. The molecule has 0 heterocycles. The van der Waals surface area contributed by atoms with Gasteiger partial charge in [-0.05, 0) is 6.42 Å². The molecule has 90 valence electrons. The fourth-order valence-electron chi connectivity index (χ4n) is 0.773. The van der Waals surface area contributed by atoms with Crippen LogP contribution >= 0.6 is 21.6 Å². The Kier molecular flexibility index (Phi) is 10.2. The summed E-state index contributed by atoms with van der Waals surface area (Å²) in [5.41, 5.74) is 0. The maximum Gasteiger partial charge on any atom is 0.303 e. The number of terminal acetylenes is 1. The van der Waals surface area contributed by atoms with E-state index in [9.17, 15) is 9.59 Å². The van der Waals surface area contributed by atoms with Gasteiger partial charge in [-0.2, -0.15) is 0 Å². The van der Waals surface area contributed by atoms with Crippen molar-refractivity contribution in [1.82, 2.24) is 5.32 Å². The minimum absolute atomic E-state index is 0.0448. The number of amides is 1. The van der Waals surface area contributed by atoms with Gasteiger partial charge in [0.1, 0.15) is 0 Å². The lowest BCUT2D eigenvalue weighted by Crippen LogP contribution is -2.23. The summed E-state index contributed by atoms with van der Waals surface area (Å²) in [4.78, 5) is 21.3. The Morgan fingerprint density at radius 3 is 2.56 bits per heavy atom. The van der Waals surface area contributed by atoms with E-state index in [2.05, 4.69) is 11.2 Å². The van der Waals surface area contributed by atoms with Crippen LogP contribution in [0.5, 0.6) is 0 Å². The number of aliphatic carboxylic acids is 1. The van der Waals surface area contributed by atoms with Crippen LogP contribution in [0.4, 0.5) is 0 Å². The number of hydrogen-bond donors (Lipinski definition) is 2. The quantitative estimate of drug-likeness (QED) is 0.373. The Morgan fingerprint density at radius 2 is 1.94 bits per heavy atom. The Labute approximate surface area is 103 Å². The number of nitrogens with one attached hydrogen (secondary N) is 1. The first-order chi connectivity index (χ1) is 7.66. The molecule has 0 aromatic rings. The van der Waals surface area contributed by atoms with Crippen LogP contribution in [0.25, 0.3) is 0 Å².